The minimum Gasteiger partial charge on any atom is -0.309 e. The van der Waals surface area contributed by atoms with E-state index in [1.807, 2.05) is 36.4 Å². The molecule has 3 heterocycles. The molecule has 7 aromatic carbocycles. The van der Waals surface area contributed by atoms with Gasteiger partial charge >= 0.3 is 0 Å². The molecule has 0 unspecified atom stereocenters. The van der Waals surface area contributed by atoms with Crippen LogP contribution in [0.3, 0.4) is 0 Å². The van der Waals surface area contributed by atoms with Crippen molar-refractivity contribution in [2.24, 2.45) is 0 Å². The van der Waals surface area contributed by atoms with Crippen molar-refractivity contribution in [1.29, 1.82) is 10.5 Å². The molecule has 9 aromatic rings. The zero-order valence-electron chi connectivity index (χ0n) is 30.5. The van der Waals surface area contributed by atoms with E-state index < -0.39 is 8.07 Å². The monoisotopic (exact) mass is 706 g/mol. The van der Waals surface area contributed by atoms with Crippen LogP contribution in [0.2, 0.25) is 13.1 Å². The number of rotatable bonds is 2. The highest BCUT2D eigenvalue weighted by Crippen LogP contribution is 2.53. The van der Waals surface area contributed by atoms with E-state index in [4.69, 9.17) is 0 Å². The molecule has 0 N–H and O–H groups in total. The first-order valence-corrected chi connectivity index (χ1v) is 21.6. The number of aromatic nitrogens is 2. The highest BCUT2D eigenvalue weighted by molar-refractivity contribution is 7.03. The van der Waals surface area contributed by atoms with Gasteiger partial charge in [-0.05, 0) is 110 Å². The summed E-state index contributed by atoms with van der Waals surface area (Å²) in [6, 6.07) is 53.0. The van der Waals surface area contributed by atoms with Gasteiger partial charge in [0, 0.05) is 38.3 Å². The molecule has 0 saturated heterocycles. The van der Waals surface area contributed by atoms with E-state index in [1.54, 1.807) is 0 Å². The first kappa shape index (κ1) is 30.9. The molecule has 54 heavy (non-hydrogen) atoms. The van der Waals surface area contributed by atoms with Crippen molar-refractivity contribution in [2.75, 3.05) is 0 Å². The quantitative estimate of drug-likeness (QED) is 0.168. The molecule has 4 nitrogen and oxygen atoms in total. The molecule has 11 rings (SSSR count). The van der Waals surface area contributed by atoms with Crippen LogP contribution in [0.5, 0.6) is 0 Å². The van der Waals surface area contributed by atoms with Crippen molar-refractivity contribution in [3.63, 3.8) is 0 Å². The van der Waals surface area contributed by atoms with Crippen LogP contribution in [-0.2, 0) is 5.41 Å². The van der Waals surface area contributed by atoms with Crippen molar-refractivity contribution >= 4 is 62.1 Å². The Morgan fingerprint density at radius 2 is 1.07 bits per heavy atom. The maximum absolute atomic E-state index is 9.75. The first-order valence-electron chi connectivity index (χ1n) is 18.6. The topological polar surface area (TPSA) is 57.4 Å². The minimum atomic E-state index is -2.01. The second-order valence-corrected chi connectivity index (χ2v) is 20.3. The average molecular weight is 707 g/mol. The largest absolute Gasteiger partial charge is 0.309 e. The van der Waals surface area contributed by atoms with E-state index in [9.17, 15) is 10.5 Å². The van der Waals surface area contributed by atoms with Gasteiger partial charge in [0.1, 0.15) is 8.07 Å². The number of nitrogens with zero attached hydrogens (tertiary/aromatic N) is 4. The molecule has 0 radical (unpaired) electrons. The van der Waals surface area contributed by atoms with Gasteiger partial charge in [-0.1, -0.05) is 93.7 Å². The molecular formula is C49H34N4Si. The molecule has 1 aliphatic carbocycles. The van der Waals surface area contributed by atoms with E-state index in [2.05, 4.69) is 145 Å². The van der Waals surface area contributed by atoms with Crippen molar-refractivity contribution in [3.8, 4) is 45.8 Å². The minimum absolute atomic E-state index is 0.158. The summed E-state index contributed by atoms with van der Waals surface area (Å²) in [5.74, 6) is 0. The Bertz CT molecular complexity index is 3180. The lowest BCUT2D eigenvalue weighted by Gasteiger charge is -2.24. The van der Waals surface area contributed by atoms with Crippen LogP contribution in [-0.4, -0.2) is 17.2 Å². The Labute approximate surface area is 314 Å². The molecule has 0 bridgehead atoms. The van der Waals surface area contributed by atoms with Crippen LogP contribution in [0, 0.1) is 22.7 Å². The normalized spacial score (nSPS) is 14.6. The van der Waals surface area contributed by atoms with Gasteiger partial charge in [0.15, 0.2) is 0 Å². The third-order valence-corrected chi connectivity index (χ3v) is 16.1. The van der Waals surface area contributed by atoms with E-state index >= 15 is 0 Å². The van der Waals surface area contributed by atoms with Gasteiger partial charge < -0.3 is 9.13 Å². The number of nitriles is 2. The third-order valence-electron chi connectivity index (χ3n) is 12.5. The number of hydrogen-bond donors (Lipinski definition) is 0. The van der Waals surface area contributed by atoms with Gasteiger partial charge in [-0.2, -0.15) is 10.5 Å². The van der Waals surface area contributed by atoms with Crippen molar-refractivity contribution in [2.45, 2.75) is 32.4 Å². The van der Waals surface area contributed by atoms with Gasteiger partial charge in [-0.15, -0.1) is 0 Å². The Balaban J connectivity index is 1.17. The molecule has 5 heteroatoms. The zero-order valence-corrected chi connectivity index (χ0v) is 31.5. The first-order chi connectivity index (χ1) is 26.2. The smallest absolute Gasteiger partial charge is 0.113 e. The van der Waals surface area contributed by atoms with E-state index in [-0.39, 0.29) is 5.41 Å². The number of para-hydroxylation sites is 1. The van der Waals surface area contributed by atoms with E-state index in [0.717, 1.165) is 27.5 Å². The van der Waals surface area contributed by atoms with Crippen LogP contribution in [0.1, 0.15) is 36.1 Å². The molecule has 1 aliphatic heterocycles. The lowest BCUT2D eigenvalue weighted by Crippen LogP contribution is -2.49. The van der Waals surface area contributed by atoms with Crippen LogP contribution in [0.25, 0.3) is 77.2 Å². The maximum Gasteiger partial charge on any atom is 0.113 e. The Morgan fingerprint density at radius 1 is 0.500 bits per heavy atom. The number of fused-ring (bicyclic) bond motifs is 13. The van der Waals surface area contributed by atoms with Gasteiger partial charge in [0.05, 0.1) is 45.3 Å². The second kappa shape index (κ2) is 10.5. The predicted octanol–water partition coefficient (Wildman–Crippen LogP) is 10.7. The van der Waals surface area contributed by atoms with E-state index in [0.29, 0.717) is 11.1 Å². The molecular weight excluding hydrogens is 673 g/mol. The molecule has 2 aromatic heterocycles. The average Bonchev–Trinajstić information content (AvgIpc) is 3.85. The van der Waals surface area contributed by atoms with Crippen LogP contribution >= 0.6 is 0 Å². The Hall–Kier alpha value is -6.66. The number of hydrogen-bond acceptors (Lipinski definition) is 2. The summed E-state index contributed by atoms with van der Waals surface area (Å²) in [7, 11) is -2.01. The fourth-order valence-corrected chi connectivity index (χ4v) is 13.1. The molecule has 0 spiro atoms. The van der Waals surface area contributed by atoms with Gasteiger partial charge in [0.25, 0.3) is 0 Å². The second-order valence-electron chi connectivity index (χ2n) is 16.0. The molecule has 2 aliphatic rings. The maximum atomic E-state index is 9.75. The summed E-state index contributed by atoms with van der Waals surface area (Å²) in [5, 5.41) is 26.9. The molecule has 0 amide bonds. The van der Waals surface area contributed by atoms with Crippen LogP contribution in [0.4, 0.5) is 0 Å². The highest BCUT2D eigenvalue weighted by atomic mass is 28.3. The fraction of sp³-hybridized carbons (Fsp3) is 0.102. The van der Waals surface area contributed by atoms with Crippen LogP contribution < -0.4 is 10.4 Å². The summed E-state index contributed by atoms with van der Waals surface area (Å²) < 4.78 is 4.82. The van der Waals surface area contributed by atoms with Gasteiger partial charge in [-0.25, -0.2) is 0 Å². The Morgan fingerprint density at radius 3 is 1.72 bits per heavy atom. The lowest BCUT2D eigenvalue weighted by molar-refractivity contribution is 0.664. The summed E-state index contributed by atoms with van der Waals surface area (Å²) in [6.07, 6.45) is 0. The molecule has 0 saturated carbocycles. The summed E-state index contributed by atoms with van der Waals surface area (Å²) in [4.78, 5) is 0. The van der Waals surface area contributed by atoms with Gasteiger partial charge in [-0.3, -0.25) is 0 Å². The van der Waals surface area contributed by atoms with Crippen molar-refractivity contribution in [1.82, 2.24) is 9.13 Å². The van der Waals surface area contributed by atoms with Crippen molar-refractivity contribution < 1.29 is 0 Å². The SMILES string of the molecule is CC1(C)c2ccccc2-c2ccc3c4ccccc4n(-c4ccc5c(c4)-c4cc(-n6c7ccc(C#N)cc7c7cc(C#N)ccc76)ccc4[Si]5(C)C)c3c21. The predicted molar refractivity (Wildman–Crippen MR) is 224 cm³/mol. The highest BCUT2D eigenvalue weighted by Gasteiger charge is 2.40. The van der Waals surface area contributed by atoms with Crippen LogP contribution in [0.15, 0.2) is 133 Å². The van der Waals surface area contributed by atoms with Gasteiger partial charge in [0.2, 0.25) is 0 Å². The number of benzene rings is 7. The fourth-order valence-electron chi connectivity index (χ4n) is 10.0. The van der Waals surface area contributed by atoms with E-state index in [1.165, 1.54) is 71.2 Å². The summed E-state index contributed by atoms with van der Waals surface area (Å²) in [6.45, 7) is 9.70. The zero-order chi connectivity index (χ0) is 36.7. The molecule has 0 fully saturated rings. The standard InChI is InChI=1S/C49H34N4Si/c1-49(2)41-11-7-5-9-33(41)35-17-18-36-34-10-6-8-12-42(34)53(48(36)47(35)49)32-16-22-46-40(26-32)39-25-31(15-21-45(39)54(46,3)4)52-43-19-13-29(27-50)23-37(43)38-24-30(28-51)14-20-44(38)52/h5-26H,1-4H3. The lowest BCUT2D eigenvalue weighted by atomic mass is 9.81. The summed E-state index contributed by atoms with van der Waals surface area (Å²) >= 11 is 0. The summed E-state index contributed by atoms with van der Waals surface area (Å²) in [5.41, 5.74) is 15.9. The molecule has 254 valence electrons. The Kier molecular flexibility index (Phi) is 6.00. The van der Waals surface area contributed by atoms with Crippen molar-refractivity contribution in [3.05, 3.63) is 156 Å². The molecule has 0 atom stereocenters. The third kappa shape index (κ3) is 3.84.